The molecule has 0 spiro atoms. The second-order valence-corrected chi connectivity index (χ2v) is 7.43. The van der Waals surface area contributed by atoms with Crippen molar-refractivity contribution in [2.24, 2.45) is 0 Å². The third-order valence-corrected chi connectivity index (χ3v) is 4.98. The summed E-state index contributed by atoms with van der Waals surface area (Å²) in [5, 5.41) is 0.360. The van der Waals surface area contributed by atoms with Gasteiger partial charge >= 0.3 is 0 Å². The van der Waals surface area contributed by atoms with E-state index in [-0.39, 0.29) is 11.4 Å². The van der Waals surface area contributed by atoms with Crippen LogP contribution >= 0.6 is 11.3 Å². The van der Waals surface area contributed by atoms with Crippen molar-refractivity contribution in [3.63, 3.8) is 0 Å². The number of rotatable bonds is 6. The molecule has 0 aliphatic heterocycles. The number of carbonyl (C=O) groups is 1. The topological polar surface area (TPSA) is 37.6 Å². The molecular formula is C20H20F2N3OS+. The van der Waals surface area contributed by atoms with E-state index in [1.54, 1.807) is 6.08 Å². The second kappa shape index (κ2) is 8.37. The van der Waals surface area contributed by atoms with Crippen molar-refractivity contribution in [2.45, 2.75) is 0 Å². The molecule has 3 rings (SSSR count). The van der Waals surface area contributed by atoms with Gasteiger partial charge in [0.15, 0.2) is 10.9 Å². The molecule has 3 aromatic rings. The monoisotopic (exact) mass is 388 g/mol. The number of nitrogens with one attached hydrogen (secondary N) is 1. The predicted molar refractivity (Wildman–Crippen MR) is 105 cm³/mol. The number of carbonyl (C=O) groups excluding carboxylic acids is 1. The van der Waals surface area contributed by atoms with Crippen LogP contribution in [-0.2, 0) is 4.79 Å². The molecule has 0 saturated carbocycles. The van der Waals surface area contributed by atoms with Gasteiger partial charge < -0.3 is 4.90 Å². The lowest BCUT2D eigenvalue weighted by Gasteiger charge is -2.19. The number of hydrogen-bond acceptors (Lipinski definition) is 3. The van der Waals surface area contributed by atoms with Crippen LogP contribution < -0.4 is 9.80 Å². The number of likely N-dealkylation sites (N-methyl/N-ethyl adjacent to an activating group) is 1. The number of thiazole rings is 1. The lowest BCUT2D eigenvalue weighted by atomic mass is 10.2. The van der Waals surface area contributed by atoms with Crippen molar-refractivity contribution in [1.82, 2.24) is 4.98 Å². The van der Waals surface area contributed by atoms with E-state index in [4.69, 9.17) is 0 Å². The zero-order valence-electron chi connectivity index (χ0n) is 15.1. The Hall–Kier alpha value is -2.64. The highest BCUT2D eigenvalue weighted by atomic mass is 32.1. The number of halogens is 2. The number of quaternary nitrogens is 1. The van der Waals surface area contributed by atoms with E-state index in [0.717, 1.165) is 27.9 Å². The summed E-state index contributed by atoms with van der Waals surface area (Å²) < 4.78 is 27.8. The van der Waals surface area contributed by atoms with Crippen molar-refractivity contribution in [1.29, 1.82) is 0 Å². The minimum absolute atomic E-state index is 0.0819. The molecule has 0 aliphatic carbocycles. The predicted octanol–water partition coefficient (Wildman–Crippen LogP) is 2.77. The molecule has 1 amide bonds. The van der Waals surface area contributed by atoms with Gasteiger partial charge in [-0.15, -0.1) is 0 Å². The fraction of sp³-hybridized carbons (Fsp3) is 0.200. The van der Waals surface area contributed by atoms with E-state index in [2.05, 4.69) is 4.98 Å². The zero-order chi connectivity index (χ0) is 19.4. The molecule has 0 radical (unpaired) electrons. The van der Waals surface area contributed by atoms with Crippen molar-refractivity contribution in [3.05, 3.63) is 65.7 Å². The Balaban J connectivity index is 1.92. The number of anilines is 1. The zero-order valence-corrected chi connectivity index (χ0v) is 15.9. The normalized spacial score (nSPS) is 11.6. The average molecular weight is 388 g/mol. The second-order valence-electron chi connectivity index (χ2n) is 6.42. The molecule has 140 valence electrons. The smallest absolute Gasteiger partial charge is 0.252 e. The largest absolute Gasteiger partial charge is 0.338 e. The molecule has 2 aromatic carbocycles. The van der Waals surface area contributed by atoms with Crippen molar-refractivity contribution < 1.29 is 18.5 Å². The van der Waals surface area contributed by atoms with E-state index < -0.39 is 11.6 Å². The summed E-state index contributed by atoms with van der Waals surface area (Å²) in [6.45, 7) is 1.11. The standard InChI is InChI=1S/C20H19F2N3OS/c1-24(2)10-11-25(18(26)9-8-14-6-4-3-5-7-14)20-23-19-16(22)12-15(21)13-17(19)27-20/h3-9,12-13H,10-11H2,1-2H3/p+1/b9-8+. The van der Waals surface area contributed by atoms with Crippen LogP contribution in [0.25, 0.3) is 16.3 Å². The summed E-state index contributed by atoms with van der Waals surface area (Å²) >= 11 is 1.11. The highest BCUT2D eigenvalue weighted by Crippen LogP contribution is 2.31. The molecule has 1 aromatic heterocycles. The van der Waals surface area contributed by atoms with Crippen LogP contribution in [0.3, 0.4) is 0 Å². The molecule has 0 aliphatic rings. The molecule has 0 bridgehead atoms. The average Bonchev–Trinajstić information content (AvgIpc) is 3.04. The lowest BCUT2D eigenvalue weighted by molar-refractivity contribution is -0.856. The quantitative estimate of drug-likeness (QED) is 0.660. The first-order valence-electron chi connectivity index (χ1n) is 8.53. The van der Waals surface area contributed by atoms with E-state index in [0.29, 0.717) is 22.9 Å². The molecule has 0 unspecified atom stereocenters. The van der Waals surface area contributed by atoms with Gasteiger partial charge in [-0.25, -0.2) is 13.8 Å². The Bertz CT molecular complexity index is 970. The lowest BCUT2D eigenvalue weighted by Crippen LogP contribution is -3.06. The maximum Gasteiger partial charge on any atom is 0.252 e. The third kappa shape index (κ3) is 4.75. The minimum Gasteiger partial charge on any atom is -0.338 e. The maximum absolute atomic E-state index is 14.0. The van der Waals surface area contributed by atoms with Crippen LogP contribution in [0.5, 0.6) is 0 Å². The van der Waals surface area contributed by atoms with Crippen molar-refractivity contribution in [3.8, 4) is 0 Å². The number of amides is 1. The Morgan fingerprint density at radius 1 is 1.22 bits per heavy atom. The number of aromatic nitrogens is 1. The highest BCUT2D eigenvalue weighted by Gasteiger charge is 2.20. The molecule has 0 atom stereocenters. The minimum atomic E-state index is -0.724. The fourth-order valence-corrected chi connectivity index (χ4v) is 3.55. The molecule has 1 N–H and O–H groups in total. The van der Waals surface area contributed by atoms with Crippen LogP contribution in [0.2, 0.25) is 0 Å². The first-order valence-corrected chi connectivity index (χ1v) is 9.35. The van der Waals surface area contributed by atoms with Crippen LogP contribution in [0.1, 0.15) is 5.56 Å². The number of nitrogens with zero attached hydrogens (tertiary/aromatic N) is 2. The van der Waals surface area contributed by atoms with Gasteiger partial charge in [0.05, 0.1) is 31.9 Å². The van der Waals surface area contributed by atoms with Gasteiger partial charge in [-0.3, -0.25) is 9.69 Å². The highest BCUT2D eigenvalue weighted by molar-refractivity contribution is 7.22. The van der Waals surface area contributed by atoms with Crippen LogP contribution in [0.4, 0.5) is 13.9 Å². The van der Waals surface area contributed by atoms with Crippen molar-refractivity contribution in [2.75, 3.05) is 32.1 Å². The van der Waals surface area contributed by atoms with Gasteiger partial charge in [-0.2, -0.15) is 0 Å². The summed E-state index contributed by atoms with van der Waals surface area (Å²) in [5.74, 6) is -1.63. The Kier molecular flexibility index (Phi) is 5.93. The Morgan fingerprint density at radius 3 is 2.67 bits per heavy atom. The molecule has 7 heteroatoms. The summed E-state index contributed by atoms with van der Waals surface area (Å²) in [6, 6.07) is 11.5. The van der Waals surface area contributed by atoms with Gasteiger partial charge in [0.1, 0.15) is 11.3 Å². The van der Waals surface area contributed by atoms with Gasteiger partial charge in [0.2, 0.25) is 0 Å². The van der Waals surface area contributed by atoms with Crippen LogP contribution in [0.15, 0.2) is 48.5 Å². The number of fused-ring (bicyclic) bond motifs is 1. The molecule has 4 nitrogen and oxygen atoms in total. The van der Waals surface area contributed by atoms with E-state index in [9.17, 15) is 13.6 Å². The van der Waals surface area contributed by atoms with E-state index in [1.807, 2.05) is 44.4 Å². The summed E-state index contributed by atoms with van der Waals surface area (Å²) in [6.07, 6.45) is 3.20. The first kappa shape index (κ1) is 19.1. The SMILES string of the molecule is C[NH+](C)CCN(C(=O)/C=C/c1ccccc1)c1nc2c(F)cc(F)cc2s1. The van der Waals surface area contributed by atoms with E-state index >= 15 is 0 Å². The van der Waals surface area contributed by atoms with Crippen LogP contribution in [-0.4, -0.2) is 38.1 Å². The summed E-state index contributed by atoms with van der Waals surface area (Å²) in [5.41, 5.74) is 0.986. The first-order chi connectivity index (χ1) is 12.9. The molecule has 27 heavy (non-hydrogen) atoms. The molecular weight excluding hydrogens is 368 g/mol. The van der Waals surface area contributed by atoms with Crippen molar-refractivity contribution >= 4 is 38.7 Å². The number of benzene rings is 2. The fourth-order valence-electron chi connectivity index (χ4n) is 2.52. The van der Waals surface area contributed by atoms with Gasteiger partial charge in [0.25, 0.3) is 5.91 Å². The molecule has 1 heterocycles. The van der Waals surface area contributed by atoms with E-state index in [1.165, 1.54) is 17.0 Å². The van der Waals surface area contributed by atoms with Gasteiger partial charge in [-0.05, 0) is 17.7 Å². The maximum atomic E-state index is 14.0. The van der Waals surface area contributed by atoms with Gasteiger partial charge in [0, 0.05) is 12.1 Å². The molecule has 0 saturated heterocycles. The van der Waals surface area contributed by atoms with Gasteiger partial charge in [-0.1, -0.05) is 41.7 Å². The molecule has 0 fully saturated rings. The summed E-state index contributed by atoms with van der Waals surface area (Å²) in [4.78, 5) is 19.7. The summed E-state index contributed by atoms with van der Waals surface area (Å²) in [7, 11) is 3.96. The number of hydrogen-bond donors (Lipinski definition) is 1. The Morgan fingerprint density at radius 2 is 1.96 bits per heavy atom. The Labute approximate surface area is 160 Å². The van der Waals surface area contributed by atoms with Crippen LogP contribution in [0, 0.1) is 11.6 Å². The third-order valence-electron chi connectivity index (χ3n) is 3.95.